The summed E-state index contributed by atoms with van der Waals surface area (Å²) in [5, 5.41) is 0. The molecule has 96 valence electrons. The van der Waals surface area contributed by atoms with Crippen molar-refractivity contribution in [2.24, 2.45) is 11.1 Å². The zero-order chi connectivity index (χ0) is 13.1. The third-order valence-corrected chi connectivity index (χ3v) is 3.18. The average molecular weight is 235 g/mol. The smallest absolute Gasteiger partial charge is 0.0811 e. The molecule has 0 heterocycles. The van der Waals surface area contributed by atoms with Crippen molar-refractivity contribution in [3.63, 3.8) is 0 Å². The quantitative estimate of drug-likeness (QED) is 0.869. The molecule has 0 aliphatic carbocycles. The number of ether oxygens (including phenoxy) is 1. The van der Waals surface area contributed by atoms with Gasteiger partial charge < -0.3 is 10.5 Å². The number of aryl methyl sites for hydroxylation is 1. The van der Waals surface area contributed by atoms with Crippen LogP contribution in [0.2, 0.25) is 0 Å². The van der Waals surface area contributed by atoms with Gasteiger partial charge in [-0.15, -0.1) is 0 Å². The molecule has 0 aromatic heterocycles. The molecule has 2 unspecified atom stereocenters. The molecule has 2 nitrogen and oxygen atoms in total. The number of methoxy groups -OCH3 is 1. The van der Waals surface area contributed by atoms with Crippen molar-refractivity contribution < 1.29 is 4.74 Å². The minimum absolute atomic E-state index is 0.0228. The van der Waals surface area contributed by atoms with Crippen LogP contribution >= 0.6 is 0 Å². The lowest BCUT2D eigenvalue weighted by Gasteiger charge is -2.34. The Balaban J connectivity index is 2.97. The van der Waals surface area contributed by atoms with E-state index in [2.05, 4.69) is 52.0 Å². The molecular formula is C15H25NO. The topological polar surface area (TPSA) is 35.2 Å². The van der Waals surface area contributed by atoms with Crippen LogP contribution in [-0.4, -0.2) is 13.2 Å². The van der Waals surface area contributed by atoms with Crippen molar-refractivity contribution in [2.45, 2.75) is 46.3 Å². The Bertz CT molecular complexity index is 354. The van der Waals surface area contributed by atoms with E-state index in [1.807, 2.05) is 0 Å². The van der Waals surface area contributed by atoms with E-state index in [0.717, 1.165) is 12.0 Å². The summed E-state index contributed by atoms with van der Waals surface area (Å²) >= 11 is 0. The van der Waals surface area contributed by atoms with Crippen LogP contribution in [0.5, 0.6) is 0 Å². The third-order valence-electron chi connectivity index (χ3n) is 3.18. The molecule has 0 aliphatic heterocycles. The Kier molecular flexibility index (Phi) is 4.72. The predicted molar refractivity (Wildman–Crippen MR) is 73.0 cm³/mol. The first kappa shape index (κ1) is 14.2. The van der Waals surface area contributed by atoms with Gasteiger partial charge in [-0.1, -0.05) is 52.0 Å². The van der Waals surface area contributed by atoms with Crippen molar-refractivity contribution in [1.29, 1.82) is 0 Å². The van der Waals surface area contributed by atoms with E-state index in [0.29, 0.717) is 0 Å². The molecule has 0 spiro atoms. The summed E-state index contributed by atoms with van der Waals surface area (Å²) in [6.07, 6.45) is 1.06. The van der Waals surface area contributed by atoms with Crippen molar-refractivity contribution >= 4 is 0 Å². The maximum Gasteiger partial charge on any atom is 0.0811 e. The molecule has 0 amide bonds. The Morgan fingerprint density at radius 3 is 2.41 bits per heavy atom. The van der Waals surface area contributed by atoms with E-state index < -0.39 is 0 Å². The summed E-state index contributed by atoms with van der Waals surface area (Å²) in [5.74, 6) is 0. The summed E-state index contributed by atoms with van der Waals surface area (Å²) in [4.78, 5) is 0. The lowest BCUT2D eigenvalue weighted by atomic mass is 9.82. The number of nitrogens with two attached hydrogens (primary N) is 1. The molecule has 1 aromatic carbocycles. The Morgan fingerprint density at radius 1 is 1.29 bits per heavy atom. The fourth-order valence-electron chi connectivity index (χ4n) is 2.23. The van der Waals surface area contributed by atoms with Crippen LogP contribution in [0.4, 0.5) is 0 Å². The number of hydrogen-bond acceptors (Lipinski definition) is 2. The molecule has 0 aliphatic rings. The molecule has 0 bridgehead atoms. The van der Waals surface area contributed by atoms with Gasteiger partial charge in [0.05, 0.1) is 12.1 Å². The molecule has 1 rings (SSSR count). The lowest BCUT2D eigenvalue weighted by molar-refractivity contribution is -0.00244. The van der Waals surface area contributed by atoms with Crippen LogP contribution in [0.3, 0.4) is 0 Å². The first-order valence-electron chi connectivity index (χ1n) is 6.27. The van der Waals surface area contributed by atoms with Crippen LogP contribution in [-0.2, 0) is 11.2 Å². The van der Waals surface area contributed by atoms with E-state index in [4.69, 9.17) is 10.5 Å². The zero-order valence-corrected chi connectivity index (χ0v) is 11.7. The normalized spacial score (nSPS) is 15.6. The van der Waals surface area contributed by atoms with Gasteiger partial charge in [0.25, 0.3) is 0 Å². The van der Waals surface area contributed by atoms with Crippen LogP contribution in [0.1, 0.15) is 44.9 Å². The number of benzene rings is 1. The standard InChI is InChI=1S/C15H25NO/c1-6-11-8-7-9-12(10-11)13(16)14(17-5)15(2,3)4/h7-10,13-14H,6,16H2,1-5H3. The van der Waals surface area contributed by atoms with E-state index >= 15 is 0 Å². The van der Waals surface area contributed by atoms with Gasteiger partial charge in [-0.05, 0) is 23.0 Å². The van der Waals surface area contributed by atoms with Gasteiger partial charge in [0.1, 0.15) is 0 Å². The molecule has 1 aromatic rings. The third kappa shape index (κ3) is 3.55. The number of rotatable bonds is 4. The van der Waals surface area contributed by atoms with Gasteiger partial charge in [-0.25, -0.2) is 0 Å². The molecule has 0 fully saturated rings. The molecule has 2 heteroatoms. The van der Waals surface area contributed by atoms with E-state index in [1.165, 1.54) is 5.56 Å². The first-order valence-corrected chi connectivity index (χ1v) is 6.27. The second kappa shape index (κ2) is 5.65. The van der Waals surface area contributed by atoms with Crippen LogP contribution in [0.25, 0.3) is 0 Å². The van der Waals surface area contributed by atoms with Crippen molar-refractivity contribution in [3.8, 4) is 0 Å². The van der Waals surface area contributed by atoms with Crippen molar-refractivity contribution in [1.82, 2.24) is 0 Å². The first-order chi connectivity index (χ1) is 7.90. The summed E-state index contributed by atoms with van der Waals surface area (Å²) < 4.78 is 5.58. The minimum Gasteiger partial charge on any atom is -0.379 e. The van der Waals surface area contributed by atoms with Crippen LogP contribution in [0, 0.1) is 5.41 Å². The SMILES string of the molecule is CCc1cccc(C(N)C(OC)C(C)(C)C)c1. The largest absolute Gasteiger partial charge is 0.379 e. The second-order valence-electron chi connectivity index (χ2n) is 5.65. The highest BCUT2D eigenvalue weighted by Crippen LogP contribution is 2.31. The minimum atomic E-state index is -0.0773. The molecule has 2 atom stereocenters. The fourth-order valence-corrected chi connectivity index (χ4v) is 2.23. The summed E-state index contributed by atoms with van der Waals surface area (Å²) in [5.41, 5.74) is 8.85. The zero-order valence-electron chi connectivity index (χ0n) is 11.7. The average Bonchev–Trinajstić information content (AvgIpc) is 2.28. The lowest BCUT2D eigenvalue weighted by Crippen LogP contribution is -2.38. The summed E-state index contributed by atoms with van der Waals surface area (Å²) in [6, 6.07) is 8.40. The molecule has 0 radical (unpaired) electrons. The highest BCUT2D eigenvalue weighted by molar-refractivity contribution is 5.27. The highest BCUT2D eigenvalue weighted by atomic mass is 16.5. The molecular weight excluding hydrogens is 210 g/mol. The Hall–Kier alpha value is -0.860. The highest BCUT2D eigenvalue weighted by Gasteiger charge is 2.31. The van der Waals surface area contributed by atoms with Gasteiger partial charge in [0, 0.05) is 7.11 Å². The van der Waals surface area contributed by atoms with Crippen LogP contribution in [0.15, 0.2) is 24.3 Å². The summed E-state index contributed by atoms with van der Waals surface area (Å²) in [7, 11) is 1.74. The van der Waals surface area contributed by atoms with E-state index in [-0.39, 0.29) is 17.6 Å². The monoisotopic (exact) mass is 235 g/mol. The molecule has 0 saturated heterocycles. The molecule has 2 N–H and O–H groups in total. The summed E-state index contributed by atoms with van der Waals surface area (Å²) in [6.45, 7) is 8.63. The van der Waals surface area contributed by atoms with Crippen molar-refractivity contribution in [3.05, 3.63) is 35.4 Å². The van der Waals surface area contributed by atoms with Gasteiger partial charge in [-0.3, -0.25) is 0 Å². The predicted octanol–water partition coefficient (Wildman–Crippen LogP) is 3.31. The van der Waals surface area contributed by atoms with Crippen molar-refractivity contribution in [2.75, 3.05) is 7.11 Å². The Morgan fingerprint density at radius 2 is 1.94 bits per heavy atom. The molecule has 17 heavy (non-hydrogen) atoms. The van der Waals surface area contributed by atoms with Gasteiger partial charge >= 0.3 is 0 Å². The van der Waals surface area contributed by atoms with Crippen LogP contribution < -0.4 is 5.73 Å². The fraction of sp³-hybridized carbons (Fsp3) is 0.600. The van der Waals surface area contributed by atoms with E-state index in [1.54, 1.807) is 7.11 Å². The van der Waals surface area contributed by atoms with Gasteiger partial charge in [-0.2, -0.15) is 0 Å². The van der Waals surface area contributed by atoms with Gasteiger partial charge in [0.2, 0.25) is 0 Å². The Labute approximate surface area is 105 Å². The maximum absolute atomic E-state index is 6.33. The maximum atomic E-state index is 6.33. The second-order valence-corrected chi connectivity index (χ2v) is 5.65. The van der Waals surface area contributed by atoms with E-state index in [9.17, 15) is 0 Å². The number of hydrogen-bond donors (Lipinski definition) is 1. The molecule has 0 saturated carbocycles. The van der Waals surface area contributed by atoms with Gasteiger partial charge in [0.15, 0.2) is 0 Å².